The monoisotopic (exact) mass is 530 g/mol. The van der Waals surface area contributed by atoms with Crippen LogP contribution < -0.4 is 14.8 Å². The fourth-order valence-corrected chi connectivity index (χ4v) is 5.70. The van der Waals surface area contributed by atoms with Gasteiger partial charge in [-0.25, -0.2) is 5.06 Å². The predicted octanol–water partition coefficient (Wildman–Crippen LogP) is 2.63. The van der Waals surface area contributed by atoms with Crippen LogP contribution in [0.15, 0.2) is 18.2 Å². The van der Waals surface area contributed by atoms with Crippen LogP contribution in [0.4, 0.5) is 0 Å². The molecule has 2 N–H and O–H groups in total. The van der Waals surface area contributed by atoms with Gasteiger partial charge >= 0.3 is 0 Å². The number of nitrogens with one attached hydrogen (secondary N) is 1. The average molecular weight is 531 g/mol. The Bertz CT molecular complexity index is 982. The summed E-state index contributed by atoms with van der Waals surface area (Å²) >= 11 is 0. The number of ether oxygens (including phenoxy) is 2. The highest BCUT2D eigenvalue weighted by Crippen LogP contribution is 2.33. The number of benzene rings is 1. The van der Waals surface area contributed by atoms with Crippen molar-refractivity contribution in [2.75, 3.05) is 39.5 Å². The second-order valence-corrected chi connectivity index (χ2v) is 11.9. The van der Waals surface area contributed by atoms with Gasteiger partial charge in [0.25, 0.3) is 0 Å². The Morgan fingerprint density at radius 2 is 1.82 bits per heavy atom. The minimum atomic E-state index is -0.704. The van der Waals surface area contributed by atoms with Crippen LogP contribution in [0.3, 0.4) is 0 Å². The molecule has 0 aromatic heterocycles. The average Bonchev–Trinajstić information content (AvgIpc) is 3.58. The minimum absolute atomic E-state index is 0.0740. The van der Waals surface area contributed by atoms with Gasteiger partial charge in [-0.3, -0.25) is 24.5 Å². The highest BCUT2D eigenvalue weighted by Gasteiger charge is 2.38. The van der Waals surface area contributed by atoms with Crippen LogP contribution in [0.1, 0.15) is 58.4 Å². The van der Waals surface area contributed by atoms with E-state index in [1.54, 1.807) is 0 Å². The van der Waals surface area contributed by atoms with E-state index >= 15 is 0 Å². The first-order valence-electron chi connectivity index (χ1n) is 13.7. The summed E-state index contributed by atoms with van der Waals surface area (Å²) in [5, 5.41) is 13.4. The third kappa shape index (κ3) is 7.17. The standard InChI is InChI=1S/C28H42N4O6/c1-28(2,3)25(29-26(34)22(17-32(36)18-33)14-20-6-4-5-7-20)27(35)31-12-10-30(11-13-31)16-21-8-9-23-24(15-21)38-19-37-23/h8-9,15,18,20,22,25,36H,4-7,10-14,16-17,19H2,1-3H3,(H,29,34)/t22-,25-/m1/s1. The van der Waals surface area contributed by atoms with Gasteiger partial charge in [0.1, 0.15) is 6.04 Å². The fraction of sp³-hybridized carbons (Fsp3) is 0.679. The van der Waals surface area contributed by atoms with Gasteiger partial charge in [0.2, 0.25) is 25.0 Å². The Morgan fingerprint density at radius 3 is 2.47 bits per heavy atom. The molecule has 1 saturated heterocycles. The third-order valence-electron chi connectivity index (χ3n) is 7.92. The number of nitrogens with zero attached hydrogens (tertiary/aromatic N) is 3. The van der Waals surface area contributed by atoms with E-state index in [0.29, 0.717) is 36.9 Å². The molecule has 0 radical (unpaired) electrons. The van der Waals surface area contributed by atoms with Crippen LogP contribution in [0, 0.1) is 17.3 Å². The van der Waals surface area contributed by atoms with Crippen molar-refractivity contribution in [3.8, 4) is 11.5 Å². The van der Waals surface area contributed by atoms with Crippen LogP contribution in [-0.2, 0) is 20.9 Å². The summed E-state index contributed by atoms with van der Waals surface area (Å²) in [6.45, 7) is 9.39. The zero-order valence-corrected chi connectivity index (χ0v) is 22.9. The number of amides is 3. The van der Waals surface area contributed by atoms with E-state index in [2.05, 4.69) is 10.2 Å². The second-order valence-electron chi connectivity index (χ2n) is 11.9. The molecule has 10 heteroatoms. The number of hydrogen-bond acceptors (Lipinski definition) is 7. The number of carbonyl (C=O) groups excluding carboxylic acids is 3. The van der Waals surface area contributed by atoms with Gasteiger partial charge in [-0.15, -0.1) is 0 Å². The van der Waals surface area contributed by atoms with Crippen molar-refractivity contribution in [1.82, 2.24) is 20.2 Å². The van der Waals surface area contributed by atoms with E-state index in [4.69, 9.17) is 9.47 Å². The molecule has 1 saturated carbocycles. The Labute approximate surface area is 225 Å². The SMILES string of the molecule is CC(C)(C)[C@H](NC(=O)[C@H](CC1CCCC1)CN(O)C=O)C(=O)N1CCN(Cc2ccc3c(c2)OCO3)CC1. The number of piperazine rings is 1. The number of hydrogen-bond donors (Lipinski definition) is 2. The Balaban J connectivity index is 1.35. The van der Waals surface area contributed by atoms with Gasteiger partial charge < -0.3 is 19.7 Å². The molecule has 4 rings (SSSR count). The van der Waals surface area contributed by atoms with Crippen molar-refractivity contribution in [2.24, 2.45) is 17.3 Å². The van der Waals surface area contributed by atoms with Gasteiger partial charge in [-0.1, -0.05) is 52.5 Å². The zero-order valence-electron chi connectivity index (χ0n) is 22.9. The summed E-state index contributed by atoms with van der Waals surface area (Å²) in [7, 11) is 0. The topological polar surface area (TPSA) is 112 Å². The smallest absolute Gasteiger partial charge is 0.245 e. The van der Waals surface area contributed by atoms with Crippen molar-refractivity contribution in [2.45, 2.75) is 65.5 Å². The minimum Gasteiger partial charge on any atom is -0.454 e. The lowest BCUT2D eigenvalue weighted by Crippen LogP contribution is -2.59. The predicted molar refractivity (Wildman–Crippen MR) is 140 cm³/mol. The van der Waals surface area contributed by atoms with Gasteiger partial charge in [-0.05, 0) is 35.4 Å². The van der Waals surface area contributed by atoms with Crippen molar-refractivity contribution < 1.29 is 29.1 Å². The fourth-order valence-electron chi connectivity index (χ4n) is 5.70. The lowest BCUT2D eigenvalue weighted by atomic mass is 9.84. The maximum atomic E-state index is 13.7. The molecule has 0 spiro atoms. The zero-order chi connectivity index (χ0) is 27.3. The normalized spacial score (nSPS) is 19.7. The first-order chi connectivity index (χ1) is 18.1. The van der Waals surface area contributed by atoms with Crippen molar-refractivity contribution in [3.05, 3.63) is 23.8 Å². The first kappa shape index (κ1) is 28.2. The van der Waals surface area contributed by atoms with E-state index in [9.17, 15) is 19.6 Å². The summed E-state index contributed by atoms with van der Waals surface area (Å²) in [5.74, 6) is 0.987. The molecular formula is C28H42N4O6. The molecule has 1 aromatic rings. The molecule has 2 atom stereocenters. The van der Waals surface area contributed by atoms with E-state index in [-0.39, 0.29) is 25.2 Å². The van der Waals surface area contributed by atoms with Crippen LogP contribution >= 0.6 is 0 Å². The third-order valence-corrected chi connectivity index (χ3v) is 7.92. The van der Waals surface area contributed by atoms with Crippen LogP contribution in [0.25, 0.3) is 0 Å². The first-order valence-corrected chi connectivity index (χ1v) is 13.7. The number of fused-ring (bicyclic) bond motifs is 1. The summed E-state index contributed by atoms with van der Waals surface area (Å²) in [4.78, 5) is 42.3. The maximum absolute atomic E-state index is 13.7. The second kappa shape index (κ2) is 12.3. The van der Waals surface area contributed by atoms with Crippen LogP contribution in [0.2, 0.25) is 0 Å². The number of hydroxylamine groups is 2. The molecule has 210 valence electrons. The van der Waals surface area contributed by atoms with E-state index in [0.717, 1.165) is 62.4 Å². The molecular weight excluding hydrogens is 488 g/mol. The molecule has 0 bridgehead atoms. The van der Waals surface area contributed by atoms with E-state index in [1.807, 2.05) is 43.9 Å². The lowest BCUT2D eigenvalue weighted by molar-refractivity contribution is -0.156. The highest BCUT2D eigenvalue weighted by molar-refractivity contribution is 5.89. The summed E-state index contributed by atoms with van der Waals surface area (Å²) in [6.07, 6.45) is 5.30. The molecule has 38 heavy (non-hydrogen) atoms. The molecule has 2 fully saturated rings. The van der Waals surface area contributed by atoms with E-state index < -0.39 is 17.4 Å². The molecule has 3 aliphatic rings. The largest absolute Gasteiger partial charge is 0.454 e. The molecule has 2 heterocycles. The molecule has 1 aliphatic carbocycles. The number of carbonyl (C=O) groups is 3. The summed E-state index contributed by atoms with van der Waals surface area (Å²) < 4.78 is 10.9. The summed E-state index contributed by atoms with van der Waals surface area (Å²) in [5.41, 5.74) is 0.632. The van der Waals surface area contributed by atoms with Crippen LogP contribution in [-0.4, -0.2) is 83.9 Å². The van der Waals surface area contributed by atoms with Gasteiger partial charge in [-0.2, -0.15) is 0 Å². The molecule has 0 unspecified atom stereocenters. The molecule has 3 amide bonds. The van der Waals surface area contributed by atoms with Crippen molar-refractivity contribution in [3.63, 3.8) is 0 Å². The highest BCUT2D eigenvalue weighted by atomic mass is 16.7. The van der Waals surface area contributed by atoms with Crippen molar-refractivity contribution in [1.29, 1.82) is 0 Å². The Hall–Kier alpha value is -2.85. The summed E-state index contributed by atoms with van der Waals surface area (Å²) in [6, 6.07) is 5.27. The van der Waals surface area contributed by atoms with Gasteiger partial charge in [0, 0.05) is 32.7 Å². The number of rotatable bonds is 10. The molecule has 2 aliphatic heterocycles. The quantitative estimate of drug-likeness (QED) is 0.272. The Morgan fingerprint density at radius 1 is 1.13 bits per heavy atom. The maximum Gasteiger partial charge on any atom is 0.245 e. The van der Waals surface area contributed by atoms with Gasteiger partial charge in [0.15, 0.2) is 11.5 Å². The molecule has 10 nitrogen and oxygen atoms in total. The molecule has 1 aromatic carbocycles. The van der Waals surface area contributed by atoms with Crippen molar-refractivity contribution >= 4 is 18.2 Å². The van der Waals surface area contributed by atoms with Crippen LogP contribution in [0.5, 0.6) is 11.5 Å². The van der Waals surface area contributed by atoms with E-state index in [1.165, 1.54) is 0 Å². The lowest BCUT2D eigenvalue weighted by Gasteiger charge is -2.40. The van der Waals surface area contributed by atoms with Gasteiger partial charge in [0.05, 0.1) is 12.5 Å². The Kier molecular flexibility index (Phi) is 9.15.